The third-order valence-corrected chi connectivity index (χ3v) is 9.49. The van der Waals surface area contributed by atoms with E-state index in [0.717, 1.165) is 37.5 Å². The number of carboxylic acid groups (broad SMARTS) is 1. The van der Waals surface area contributed by atoms with Crippen molar-refractivity contribution in [3.8, 4) is 0 Å². The van der Waals surface area contributed by atoms with E-state index in [1.165, 1.54) is 44.9 Å². The van der Waals surface area contributed by atoms with E-state index in [9.17, 15) is 14.4 Å². The standard InChI is InChI=1S/C29H37N5O5/c30-28(37)26(32-39-16-25(35)36)27-29(38)34(24-10-2-1-9-23(24)31-27)22-14-19-7-4-8-20(15-22)33(19)21-12-17-5-3-6-18(11-17)13-21/h1-2,9-10,17-22H,3-8,11-16H2,(H2,30,37)(H,35,36)/b32-26-/t17-,18+,19-,20+,21+,22+. The maximum absolute atomic E-state index is 14.0. The zero-order chi connectivity index (χ0) is 27.1. The van der Waals surface area contributed by atoms with Crippen molar-refractivity contribution < 1.29 is 19.5 Å². The molecule has 10 nitrogen and oxygen atoms in total. The van der Waals surface area contributed by atoms with Gasteiger partial charge in [-0.2, -0.15) is 0 Å². The molecule has 3 N–H and O–H groups in total. The van der Waals surface area contributed by atoms with Crippen molar-refractivity contribution in [2.24, 2.45) is 22.7 Å². The molecule has 0 radical (unpaired) electrons. The van der Waals surface area contributed by atoms with Crippen LogP contribution in [0.5, 0.6) is 0 Å². The normalized spacial score (nSPS) is 31.1. The molecule has 4 bridgehead atoms. The summed E-state index contributed by atoms with van der Waals surface area (Å²) in [6.07, 6.45) is 13.4. The summed E-state index contributed by atoms with van der Waals surface area (Å²) >= 11 is 0. The molecular weight excluding hydrogens is 498 g/mol. The minimum Gasteiger partial charge on any atom is -0.479 e. The number of aromatic nitrogens is 2. The maximum atomic E-state index is 14.0. The first kappa shape index (κ1) is 26.0. The van der Waals surface area contributed by atoms with Crippen LogP contribution in [0.15, 0.2) is 34.2 Å². The molecule has 1 amide bonds. The van der Waals surface area contributed by atoms with E-state index in [-0.39, 0.29) is 11.7 Å². The molecule has 6 atom stereocenters. The molecule has 10 heteroatoms. The van der Waals surface area contributed by atoms with Crippen molar-refractivity contribution in [2.45, 2.75) is 94.8 Å². The number of carboxylic acids is 1. The first-order valence-electron chi connectivity index (χ1n) is 14.4. The summed E-state index contributed by atoms with van der Waals surface area (Å²) in [7, 11) is 0. The minimum atomic E-state index is -1.26. The second kappa shape index (κ2) is 10.7. The number of rotatable bonds is 7. The van der Waals surface area contributed by atoms with Gasteiger partial charge in [0.25, 0.3) is 11.5 Å². The lowest BCUT2D eigenvalue weighted by atomic mass is 9.68. The number of hydrogen-bond acceptors (Lipinski definition) is 7. The van der Waals surface area contributed by atoms with Crippen molar-refractivity contribution >= 4 is 28.6 Å². The number of fused-ring (bicyclic) bond motifs is 5. The molecule has 0 spiro atoms. The van der Waals surface area contributed by atoms with E-state index in [0.29, 0.717) is 29.2 Å². The molecule has 4 fully saturated rings. The maximum Gasteiger partial charge on any atom is 0.344 e. The van der Waals surface area contributed by atoms with Crippen LogP contribution in [-0.4, -0.2) is 61.9 Å². The van der Waals surface area contributed by atoms with Crippen LogP contribution in [0.2, 0.25) is 0 Å². The first-order valence-corrected chi connectivity index (χ1v) is 14.4. The fourth-order valence-electron chi connectivity index (χ4n) is 8.16. The number of piperidine rings is 2. The number of primary amides is 1. The Hall–Kier alpha value is -3.27. The number of para-hydroxylation sites is 2. The van der Waals surface area contributed by atoms with E-state index < -0.39 is 29.8 Å². The molecule has 6 rings (SSSR count). The third-order valence-electron chi connectivity index (χ3n) is 9.49. The summed E-state index contributed by atoms with van der Waals surface area (Å²) in [5, 5.41) is 12.5. The number of benzene rings is 1. The van der Waals surface area contributed by atoms with Crippen molar-refractivity contribution in [2.75, 3.05) is 6.61 Å². The fourth-order valence-corrected chi connectivity index (χ4v) is 8.16. The van der Waals surface area contributed by atoms with E-state index in [2.05, 4.69) is 15.0 Å². The molecule has 2 aliphatic heterocycles. The van der Waals surface area contributed by atoms with Crippen molar-refractivity contribution in [1.29, 1.82) is 0 Å². The molecule has 2 aromatic rings. The van der Waals surface area contributed by atoms with Crippen LogP contribution in [0.25, 0.3) is 11.0 Å². The molecule has 208 valence electrons. The predicted octanol–water partition coefficient (Wildman–Crippen LogP) is 3.21. The van der Waals surface area contributed by atoms with Crippen LogP contribution in [-0.2, 0) is 14.4 Å². The summed E-state index contributed by atoms with van der Waals surface area (Å²) < 4.78 is 1.78. The number of nitrogens with zero attached hydrogens (tertiary/aromatic N) is 4. The highest BCUT2D eigenvalue weighted by Crippen LogP contribution is 2.47. The Morgan fingerprint density at radius 3 is 2.28 bits per heavy atom. The lowest BCUT2D eigenvalue weighted by Crippen LogP contribution is -2.58. The van der Waals surface area contributed by atoms with Gasteiger partial charge in [-0.15, -0.1) is 0 Å². The zero-order valence-electron chi connectivity index (χ0n) is 22.2. The Morgan fingerprint density at radius 1 is 0.949 bits per heavy atom. The Morgan fingerprint density at radius 2 is 1.62 bits per heavy atom. The lowest BCUT2D eigenvalue weighted by Gasteiger charge is -2.55. The molecule has 2 saturated carbocycles. The summed E-state index contributed by atoms with van der Waals surface area (Å²) in [5.74, 6) is -0.525. The van der Waals surface area contributed by atoms with Crippen LogP contribution in [0.1, 0.15) is 82.4 Å². The predicted molar refractivity (Wildman–Crippen MR) is 145 cm³/mol. The quantitative estimate of drug-likeness (QED) is 0.410. The second-order valence-electron chi connectivity index (χ2n) is 11.9. The lowest BCUT2D eigenvalue weighted by molar-refractivity contribution is -0.142. The fraction of sp³-hybridized carbons (Fsp3) is 0.621. The van der Waals surface area contributed by atoms with Crippen molar-refractivity contribution in [1.82, 2.24) is 14.5 Å². The molecular formula is C29H37N5O5. The van der Waals surface area contributed by atoms with Gasteiger partial charge in [0.2, 0.25) is 6.61 Å². The highest BCUT2D eigenvalue weighted by molar-refractivity contribution is 6.44. The third kappa shape index (κ3) is 5.06. The number of aliphatic carboxylic acids is 1. The highest BCUT2D eigenvalue weighted by atomic mass is 16.6. The largest absolute Gasteiger partial charge is 0.479 e. The number of nitrogens with two attached hydrogens (primary N) is 1. The number of carbonyl (C=O) groups is 2. The van der Waals surface area contributed by atoms with Gasteiger partial charge in [-0.3, -0.25) is 14.5 Å². The van der Waals surface area contributed by atoms with Gasteiger partial charge >= 0.3 is 5.97 Å². The van der Waals surface area contributed by atoms with Crippen LogP contribution >= 0.6 is 0 Å². The van der Waals surface area contributed by atoms with Gasteiger partial charge in [0.05, 0.1) is 11.0 Å². The Bertz CT molecular complexity index is 1330. The van der Waals surface area contributed by atoms with Crippen LogP contribution in [0.4, 0.5) is 0 Å². The number of amides is 1. The van der Waals surface area contributed by atoms with E-state index in [1.807, 2.05) is 18.2 Å². The minimum absolute atomic E-state index is 0.0483. The van der Waals surface area contributed by atoms with Gasteiger partial charge in [0, 0.05) is 24.2 Å². The van der Waals surface area contributed by atoms with Crippen LogP contribution < -0.4 is 11.3 Å². The second-order valence-corrected chi connectivity index (χ2v) is 11.9. The molecule has 4 aliphatic rings. The van der Waals surface area contributed by atoms with Gasteiger partial charge in [-0.05, 0) is 68.9 Å². The number of oxime groups is 1. The van der Waals surface area contributed by atoms with Gasteiger partial charge in [0.1, 0.15) is 0 Å². The average molecular weight is 536 g/mol. The van der Waals surface area contributed by atoms with E-state index >= 15 is 0 Å². The van der Waals surface area contributed by atoms with Gasteiger partial charge in [0.15, 0.2) is 11.4 Å². The smallest absolute Gasteiger partial charge is 0.344 e. The van der Waals surface area contributed by atoms with Gasteiger partial charge in [-0.1, -0.05) is 43.0 Å². The molecule has 2 saturated heterocycles. The molecule has 2 aliphatic carbocycles. The average Bonchev–Trinajstić information content (AvgIpc) is 2.90. The summed E-state index contributed by atoms with van der Waals surface area (Å²) in [4.78, 5) is 49.2. The van der Waals surface area contributed by atoms with Crippen LogP contribution in [0, 0.1) is 11.8 Å². The van der Waals surface area contributed by atoms with E-state index in [4.69, 9.17) is 15.7 Å². The summed E-state index contributed by atoms with van der Waals surface area (Å²) in [6, 6.07) is 8.85. The first-order chi connectivity index (χ1) is 18.9. The summed E-state index contributed by atoms with van der Waals surface area (Å²) in [5.41, 5.74) is 5.69. The topological polar surface area (TPSA) is 140 Å². The van der Waals surface area contributed by atoms with E-state index in [1.54, 1.807) is 10.6 Å². The monoisotopic (exact) mass is 535 g/mol. The Balaban J connectivity index is 1.35. The molecule has 1 aromatic carbocycles. The van der Waals surface area contributed by atoms with Gasteiger partial charge < -0.3 is 20.2 Å². The molecule has 0 unspecified atom stereocenters. The Kier molecular flexibility index (Phi) is 7.14. The van der Waals surface area contributed by atoms with Crippen molar-refractivity contribution in [3.05, 3.63) is 40.3 Å². The SMILES string of the molecule is NC(=O)/C(=N\OCC(=O)O)c1nc2ccccc2n([C@H]2C[C@H]3CCC[C@@H](C2)N3[C@H]2C[C@@H]3CCC[C@@H](C3)C2)c1=O. The highest BCUT2D eigenvalue weighted by Gasteiger charge is 2.45. The number of hydrogen-bond donors (Lipinski definition) is 2. The Labute approximate surface area is 227 Å². The molecule has 1 aromatic heterocycles. The number of carbonyl (C=O) groups excluding carboxylic acids is 1. The molecule has 39 heavy (non-hydrogen) atoms. The van der Waals surface area contributed by atoms with Gasteiger partial charge in [-0.25, -0.2) is 9.78 Å². The van der Waals surface area contributed by atoms with Crippen molar-refractivity contribution in [3.63, 3.8) is 0 Å². The molecule has 3 heterocycles. The summed E-state index contributed by atoms with van der Waals surface area (Å²) in [6.45, 7) is -0.761. The zero-order valence-corrected chi connectivity index (χ0v) is 22.2. The van der Waals surface area contributed by atoms with Crippen LogP contribution in [0.3, 0.4) is 0 Å².